The first-order chi connectivity index (χ1) is 37.4. The molecule has 0 radical (unpaired) electrons. The number of H-pyrrole nitrogens is 1. The molecular weight excluding hydrogens is 1020 g/mol. The number of fused-ring (bicyclic) bond motifs is 1. The van der Waals surface area contributed by atoms with E-state index in [-0.39, 0.29) is 67.1 Å². The fourth-order valence-electron chi connectivity index (χ4n) is 12.2. The van der Waals surface area contributed by atoms with Crippen LogP contribution in [0.3, 0.4) is 0 Å². The minimum Gasteiger partial charge on any atom is -0.629 e. The van der Waals surface area contributed by atoms with E-state index in [1.165, 1.54) is 61.9 Å². The number of anilines is 2. The Labute approximate surface area is 455 Å². The summed E-state index contributed by atoms with van der Waals surface area (Å²) in [7, 11) is 2.79. The lowest BCUT2D eigenvalue weighted by atomic mass is 9.59. The number of nitrogens with zero attached hydrogens (tertiary/aromatic N) is 5. The molecule has 3 aromatic heterocycles. The molecule has 4 atom stereocenters. The molecule has 1 spiro atoms. The number of ether oxygens (including phenoxy) is 2. The van der Waals surface area contributed by atoms with Crippen LogP contribution in [0, 0.1) is 34.0 Å². The number of nitrogens with one attached hydrogen (secondary N) is 4. The molecule has 1 amide bonds. The summed E-state index contributed by atoms with van der Waals surface area (Å²) in [5.41, 5.74) is 6.42. The van der Waals surface area contributed by atoms with Crippen LogP contribution in [0.4, 0.5) is 30.4 Å². The first-order valence-electron chi connectivity index (χ1n) is 27.0. The van der Waals surface area contributed by atoms with Crippen molar-refractivity contribution < 1.29 is 46.1 Å². The second-order valence-electron chi connectivity index (χ2n) is 22.6. The van der Waals surface area contributed by atoms with Crippen LogP contribution in [0.1, 0.15) is 118 Å². The van der Waals surface area contributed by atoms with E-state index in [1.54, 1.807) is 18.2 Å². The van der Waals surface area contributed by atoms with Gasteiger partial charge in [-0.3, -0.25) is 14.6 Å². The number of piperidine rings is 1. The average Bonchev–Trinajstić information content (AvgIpc) is 3.95. The van der Waals surface area contributed by atoms with E-state index in [0.29, 0.717) is 49.6 Å². The monoisotopic (exact) mass is 1090 g/mol. The van der Waals surface area contributed by atoms with Crippen LogP contribution < -0.4 is 30.2 Å². The highest BCUT2D eigenvalue weighted by molar-refractivity contribution is 7.80. The van der Waals surface area contributed by atoms with E-state index in [1.807, 2.05) is 13.0 Å². The summed E-state index contributed by atoms with van der Waals surface area (Å²) in [6, 6.07) is 21.6. The van der Waals surface area contributed by atoms with Gasteiger partial charge in [-0.2, -0.15) is 9.27 Å². The van der Waals surface area contributed by atoms with Gasteiger partial charge in [0.2, 0.25) is 11.1 Å². The number of benzene rings is 3. The number of piperazine rings is 1. The van der Waals surface area contributed by atoms with Crippen molar-refractivity contribution in [1.82, 2.24) is 30.2 Å². The zero-order valence-electron chi connectivity index (χ0n) is 45.0. The van der Waals surface area contributed by atoms with Crippen LogP contribution in [0.25, 0.3) is 11.0 Å². The largest absolute Gasteiger partial charge is 0.629 e. The summed E-state index contributed by atoms with van der Waals surface area (Å²) < 4.78 is 74.2. The Kier molecular flexibility index (Phi) is 16.2. The van der Waals surface area contributed by atoms with Gasteiger partial charge in [0.15, 0.2) is 28.9 Å². The highest BCUT2D eigenvalue weighted by atomic mass is 32.2. The number of hydrogen-bond acceptors (Lipinski definition) is 13. The number of carbonyl (C=O) groups excluding carboxylic acids is 1. The van der Waals surface area contributed by atoms with Crippen molar-refractivity contribution in [3.8, 4) is 17.4 Å². The second kappa shape index (κ2) is 22.9. The number of rotatable bonds is 17. The van der Waals surface area contributed by atoms with E-state index in [0.717, 1.165) is 76.0 Å². The first-order valence-corrected chi connectivity index (χ1v) is 28.1. The van der Waals surface area contributed by atoms with Gasteiger partial charge >= 0.3 is 0 Å². The fourth-order valence-corrected chi connectivity index (χ4v) is 12.8. The van der Waals surface area contributed by atoms with E-state index < -0.39 is 40.0 Å². The number of aromatic nitrogens is 3. The first kappa shape index (κ1) is 55.2. The van der Waals surface area contributed by atoms with Gasteiger partial charge in [0.1, 0.15) is 17.2 Å². The highest BCUT2D eigenvalue weighted by Gasteiger charge is 2.51. The summed E-state index contributed by atoms with van der Waals surface area (Å²) in [4.78, 5) is 33.1. The second-order valence-corrected chi connectivity index (χ2v) is 23.7. The predicted molar refractivity (Wildman–Crippen MR) is 292 cm³/mol. The van der Waals surface area contributed by atoms with E-state index in [2.05, 4.69) is 85.5 Å². The number of methoxy groups -OCH3 is 1. The molecule has 78 heavy (non-hydrogen) atoms. The molecule has 2 aliphatic heterocycles. The minimum atomic E-state index is -2.29. The third-order valence-corrected chi connectivity index (χ3v) is 17.6. The maximum absolute atomic E-state index is 14.9. The third kappa shape index (κ3) is 11.9. The van der Waals surface area contributed by atoms with E-state index in [9.17, 15) is 32.5 Å². The molecule has 6 aromatic rings. The average molecular weight is 1090 g/mol. The zero-order valence-corrected chi connectivity index (χ0v) is 45.9. The summed E-state index contributed by atoms with van der Waals surface area (Å²) >= 11 is -2.29. The lowest BCUT2D eigenvalue weighted by Crippen LogP contribution is -2.98. The van der Waals surface area contributed by atoms with Gasteiger partial charge < -0.3 is 40.1 Å². The number of aromatic amines is 1. The highest BCUT2D eigenvalue weighted by Crippen LogP contribution is 2.54. The van der Waals surface area contributed by atoms with Crippen molar-refractivity contribution in [2.45, 2.75) is 120 Å². The lowest BCUT2D eigenvalue weighted by Gasteiger charge is -2.59. The number of halogens is 3. The molecule has 4 fully saturated rings. The van der Waals surface area contributed by atoms with Crippen molar-refractivity contribution in [3.05, 3.63) is 130 Å². The molecule has 3 aromatic carbocycles. The normalized spacial score (nSPS) is 22.8. The Morgan fingerprint density at radius 3 is 2.45 bits per heavy atom. The molecule has 5 N–H and O–H groups in total. The zero-order chi connectivity index (χ0) is 55.0. The van der Waals surface area contributed by atoms with Crippen molar-refractivity contribution in [3.63, 3.8) is 0 Å². The number of hydrogen-bond donors (Lipinski definition) is 5. The van der Waals surface area contributed by atoms with Crippen LogP contribution in [-0.4, -0.2) is 105 Å². The third-order valence-electron chi connectivity index (χ3n) is 16.8. The molecule has 416 valence electrons. The predicted octanol–water partition coefficient (Wildman–Crippen LogP) is 9.38. The molecule has 2 saturated heterocycles. The Morgan fingerprint density at radius 2 is 1.73 bits per heavy atom. The molecule has 20 heteroatoms. The van der Waals surface area contributed by atoms with Crippen molar-refractivity contribution >= 4 is 45.2 Å². The Bertz CT molecular complexity index is 3150. The molecule has 10 rings (SSSR count). The number of aliphatic hydroxyl groups is 1. The van der Waals surface area contributed by atoms with Crippen molar-refractivity contribution in [2.24, 2.45) is 11.3 Å². The topological polar surface area (TPSA) is 185 Å². The standard InChI is InChI=1S/C58H70F3N9O7S/c1-35(2)42-9-7-8-10-43(42)50-34-69(33-38-11-14-46(59)47(60)23-38)36(3)32-70(50)40-27-58(28-40)19-21-68(22-20-58)39-12-13-44(51(24-39)76-52-26-45-48(61)31-64-53(45)65-56(52)75-6)55(71)66-77-78(74)41-25-49(67(5)73)54(63-30-41)62-29-37-15-17-57(4,72)18-16-37/h7-14,23-26,30-31,35-37,40,50,67,72H,15-22,27-29,32-34H2,1-6H3,(H,62,63)(H,64,65)(H,66,71). The molecule has 5 heterocycles. The van der Waals surface area contributed by atoms with Crippen LogP contribution in [0.2, 0.25) is 0 Å². The van der Waals surface area contributed by atoms with Crippen molar-refractivity contribution in [2.75, 3.05) is 57.1 Å². The van der Waals surface area contributed by atoms with Gasteiger partial charge in [-0.15, -0.1) is 0 Å². The summed E-state index contributed by atoms with van der Waals surface area (Å²) in [6.07, 6.45) is 9.54. The smallest absolute Gasteiger partial charge is 0.279 e. The van der Waals surface area contributed by atoms with Crippen LogP contribution in [0.5, 0.6) is 17.4 Å². The molecule has 16 nitrogen and oxygen atoms in total. The summed E-state index contributed by atoms with van der Waals surface area (Å²) in [5.74, 6) is -1.87. The van der Waals surface area contributed by atoms with Gasteiger partial charge in [0.05, 0.1) is 35.6 Å². The fraction of sp³-hybridized carbons (Fsp3) is 0.466. The quantitative estimate of drug-likeness (QED) is 0.0545. The Balaban J connectivity index is 0.834. The Morgan fingerprint density at radius 1 is 0.974 bits per heavy atom. The molecular formula is C58H70F3N9O7S. The van der Waals surface area contributed by atoms with Crippen molar-refractivity contribution in [1.29, 1.82) is 0 Å². The number of pyridine rings is 2. The minimum absolute atomic E-state index is 0.0156. The van der Waals surface area contributed by atoms with Crippen LogP contribution in [0.15, 0.2) is 90.1 Å². The summed E-state index contributed by atoms with van der Waals surface area (Å²) in [5, 5.41) is 26.2. The van der Waals surface area contributed by atoms with E-state index in [4.69, 9.17) is 13.8 Å². The molecule has 4 aliphatic rings. The van der Waals surface area contributed by atoms with Gasteiger partial charge in [-0.05, 0) is 123 Å². The summed E-state index contributed by atoms with van der Waals surface area (Å²) in [6.45, 7) is 12.7. The van der Waals surface area contributed by atoms with Gasteiger partial charge in [0.25, 0.3) is 11.8 Å². The number of hydroxylamine groups is 2. The van der Waals surface area contributed by atoms with E-state index >= 15 is 0 Å². The number of quaternary nitrogens is 1. The molecule has 2 saturated carbocycles. The Hall–Kier alpha value is -6.13. The number of carbonyl (C=O) groups is 1. The molecule has 2 aliphatic carbocycles. The van der Waals surface area contributed by atoms with Crippen LogP contribution >= 0.6 is 0 Å². The lowest BCUT2D eigenvalue weighted by molar-refractivity contribution is -0.751. The maximum atomic E-state index is 14.9. The van der Waals surface area contributed by atoms with Gasteiger partial charge in [-0.25, -0.2) is 27.8 Å². The molecule has 0 bridgehead atoms. The molecule has 4 unspecified atom stereocenters. The maximum Gasteiger partial charge on any atom is 0.279 e. The van der Waals surface area contributed by atoms with Gasteiger partial charge in [-0.1, -0.05) is 44.2 Å². The van der Waals surface area contributed by atoms with Gasteiger partial charge in [0, 0.05) is 93.7 Å². The SMILES string of the molecule is COc1nc2[nH]cc(F)c2cc1Oc1cc(N2CCC3(CC2)CC(N2CC(C)N(Cc4ccc(F)c(F)c4)CC2c2ccccc2C(C)C)C3)ccc1C(=O)NOS(=O)c1cnc(NCC2CCC(C)(O)CC2)c([NH+](C)[O-])c1. The van der Waals surface area contributed by atoms with Crippen LogP contribution in [-0.2, 0) is 21.9 Å². The number of amides is 1.